The molecule has 1 amide bonds. The van der Waals surface area contributed by atoms with Gasteiger partial charge in [-0.3, -0.25) is 9.59 Å². The third-order valence-corrected chi connectivity index (χ3v) is 4.57. The number of aromatic nitrogens is 2. The number of carboxylic acid groups (broad SMARTS) is 1. The first kappa shape index (κ1) is 17.1. The third-order valence-electron chi connectivity index (χ3n) is 3.54. The fourth-order valence-electron chi connectivity index (χ4n) is 2.22. The van der Waals surface area contributed by atoms with Crippen molar-refractivity contribution < 1.29 is 19.8 Å². The Morgan fingerprint density at radius 2 is 1.96 bits per heavy atom. The lowest BCUT2D eigenvalue weighted by atomic mass is 10.1. The van der Waals surface area contributed by atoms with Crippen molar-refractivity contribution in [2.75, 3.05) is 0 Å². The Balaban J connectivity index is 2.07. The van der Waals surface area contributed by atoms with E-state index in [1.165, 1.54) is 13.1 Å². The molecule has 0 spiro atoms. The zero-order valence-corrected chi connectivity index (χ0v) is 14.4. The summed E-state index contributed by atoms with van der Waals surface area (Å²) in [5.74, 6) is -2.30. The molecule has 0 aliphatic heterocycles. The maximum atomic E-state index is 12.2. The lowest BCUT2D eigenvalue weighted by Gasteiger charge is -2.10. The van der Waals surface area contributed by atoms with Gasteiger partial charge in [-0.15, -0.1) is 0 Å². The van der Waals surface area contributed by atoms with Gasteiger partial charge in [-0.05, 0) is 30.6 Å². The number of amides is 1. The maximum absolute atomic E-state index is 12.2. The molecule has 3 rings (SSSR count). The lowest BCUT2D eigenvalue weighted by Crippen LogP contribution is -2.38. The van der Waals surface area contributed by atoms with E-state index in [0.717, 1.165) is 17.1 Å². The number of carboxylic acids is 1. The van der Waals surface area contributed by atoms with Crippen LogP contribution in [0, 0.1) is 0 Å². The number of pyridine rings is 1. The summed E-state index contributed by atoms with van der Waals surface area (Å²) in [6.07, 6.45) is 1.42. The molecule has 2 aromatic heterocycles. The average Bonchev–Trinajstić information content (AvgIpc) is 3.00. The fourth-order valence-corrected chi connectivity index (χ4v) is 3.12. The Bertz CT molecular complexity index is 971. The van der Waals surface area contributed by atoms with Gasteiger partial charge in [0.05, 0.1) is 15.8 Å². The molecule has 0 fully saturated rings. The van der Waals surface area contributed by atoms with Crippen LogP contribution in [0.1, 0.15) is 17.4 Å². The van der Waals surface area contributed by atoms with E-state index in [9.17, 15) is 14.7 Å². The number of rotatable bonds is 4. The van der Waals surface area contributed by atoms with Gasteiger partial charge in [-0.2, -0.15) is 4.37 Å². The first-order valence-electron chi connectivity index (χ1n) is 7.15. The minimum atomic E-state index is -1.19. The summed E-state index contributed by atoms with van der Waals surface area (Å²) in [6, 6.07) is 5.79. The zero-order valence-electron chi connectivity index (χ0n) is 12.9. The molecule has 25 heavy (non-hydrogen) atoms. The number of nitrogens with one attached hydrogen (secondary N) is 1. The average molecular weight is 378 g/mol. The van der Waals surface area contributed by atoms with E-state index in [4.69, 9.17) is 16.7 Å². The predicted molar refractivity (Wildman–Crippen MR) is 94.1 cm³/mol. The zero-order chi connectivity index (χ0) is 18.1. The fraction of sp³-hybridized carbons (Fsp3) is 0.125. The van der Waals surface area contributed by atoms with Gasteiger partial charge < -0.3 is 15.5 Å². The van der Waals surface area contributed by atoms with Crippen LogP contribution in [0.25, 0.3) is 21.3 Å². The van der Waals surface area contributed by atoms with E-state index in [0.29, 0.717) is 20.8 Å². The maximum Gasteiger partial charge on any atom is 0.325 e. The number of aliphatic carboxylic acids is 1. The number of aromatic hydroxyl groups is 1. The molecule has 3 N–H and O–H groups in total. The number of hydrogen-bond donors (Lipinski definition) is 3. The molecule has 0 aliphatic carbocycles. The number of hydrogen-bond acceptors (Lipinski definition) is 6. The first-order chi connectivity index (χ1) is 11.9. The predicted octanol–water partition coefficient (Wildman–Crippen LogP) is 2.92. The largest absolute Gasteiger partial charge is 0.505 e. The summed E-state index contributed by atoms with van der Waals surface area (Å²) in [5.41, 5.74) is 0.968. The minimum absolute atomic E-state index is 0.254. The Kier molecular flexibility index (Phi) is 4.56. The van der Waals surface area contributed by atoms with Gasteiger partial charge in [-0.1, -0.05) is 23.7 Å². The highest BCUT2D eigenvalue weighted by Crippen LogP contribution is 2.38. The number of fused-ring (bicyclic) bond motifs is 1. The molecule has 2 heterocycles. The smallest absolute Gasteiger partial charge is 0.325 e. The molecule has 1 unspecified atom stereocenters. The van der Waals surface area contributed by atoms with Crippen molar-refractivity contribution in [3.8, 4) is 17.0 Å². The van der Waals surface area contributed by atoms with E-state index in [2.05, 4.69) is 14.7 Å². The van der Waals surface area contributed by atoms with E-state index in [1.54, 1.807) is 24.3 Å². The molecular weight excluding hydrogens is 366 g/mol. The summed E-state index contributed by atoms with van der Waals surface area (Å²) in [6.45, 7) is 1.32. The second kappa shape index (κ2) is 6.66. The topological polar surface area (TPSA) is 112 Å². The second-order valence-corrected chi connectivity index (χ2v) is 6.51. The third kappa shape index (κ3) is 3.26. The Hall–Kier alpha value is -2.71. The highest BCUT2D eigenvalue weighted by molar-refractivity contribution is 7.13. The summed E-state index contributed by atoms with van der Waals surface area (Å²) >= 11 is 7.02. The van der Waals surface area contributed by atoms with Crippen molar-refractivity contribution in [3.63, 3.8) is 0 Å². The van der Waals surface area contributed by atoms with Gasteiger partial charge in [0.1, 0.15) is 6.04 Å². The molecular formula is C16H12ClN3O4S. The summed E-state index contributed by atoms with van der Waals surface area (Å²) < 4.78 is 4.92. The Morgan fingerprint density at radius 1 is 1.28 bits per heavy atom. The van der Waals surface area contributed by atoms with Gasteiger partial charge in [0.2, 0.25) is 0 Å². The van der Waals surface area contributed by atoms with E-state index in [-0.39, 0.29) is 11.4 Å². The molecule has 9 heteroatoms. The summed E-state index contributed by atoms with van der Waals surface area (Å²) in [4.78, 5) is 27.0. The molecule has 128 valence electrons. The van der Waals surface area contributed by atoms with Gasteiger partial charge in [-0.25, -0.2) is 4.98 Å². The molecule has 0 saturated heterocycles. The van der Waals surface area contributed by atoms with Crippen molar-refractivity contribution >= 4 is 45.1 Å². The number of carbonyl (C=O) groups excluding carboxylic acids is 1. The molecule has 1 aromatic carbocycles. The molecule has 0 saturated carbocycles. The molecule has 0 bridgehead atoms. The number of nitrogens with zero attached hydrogens (tertiary/aromatic N) is 2. The van der Waals surface area contributed by atoms with Crippen LogP contribution in [-0.4, -0.2) is 37.5 Å². The van der Waals surface area contributed by atoms with Crippen LogP contribution >= 0.6 is 23.1 Å². The Labute approximate surface area is 151 Å². The van der Waals surface area contributed by atoms with Crippen LogP contribution in [0.2, 0.25) is 5.02 Å². The molecule has 3 aromatic rings. The highest BCUT2D eigenvalue weighted by Gasteiger charge is 2.23. The normalized spacial score (nSPS) is 12.1. The minimum Gasteiger partial charge on any atom is -0.505 e. The van der Waals surface area contributed by atoms with Crippen LogP contribution in [-0.2, 0) is 4.79 Å². The van der Waals surface area contributed by atoms with Gasteiger partial charge in [0, 0.05) is 16.8 Å². The number of halogens is 1. The SMILES string of the molecule is CC(NC(=O)c1ncc2snc(-c3ccc(Cl)cc3)c2c1O)C(=O)O. The van der Waals surface area contributed by atoms with Crippen molar-refractivity contribution in [1.29, 1.82) is 0 Å². The van der Waals surface area contributed by atoms with E-state index in [1.807, 2.05) is 0 Å². The van der Waals surface area contributed by atoms with Crippen LogP contribution in [0.15, 0.2) is 30.5 Å². The van der Waals surface area contributed by atoms with E-state index >= 15 is 0 Å². The van der Waals surface area contributed by atoms with Crippen molar-refractivity contribution in [2.24, 2.45) is 0 Å². The second-order valence-electron chi connectivity index (χ2n) is 5.27. The first-order valence-corrected chi connectivity index (χ1v) is 8.30. The van der Waals surface area contributed by atoms with Crippen LogP contribution in [0.4, 0.5) is 0 Å². The standard InChI is InChI=1S/C16H12ClN3O4S/c1-7(16(23)24)19-15(22)13-14(21)11-10(6-18-13)25-20-12(11)8-2-4-9(17)5-3-8/h2-7,21H,1H3,(H,19,22)(H,23,24). The molecule has 1 atom stereocenters. The van der Waals surface area contributed by atoms with Gasteiger partial charge in [0.25, 0.3) is 5.91 Å². The monoisotopic (exact) mass is 377 g/mol. The van der Waals surface area contributed by atoms with Gasteiger partial charge >= 0.3 is 5.97 Å². The lowest BCUT2D eigenvalue weighted by molar-refractivity contribution is -0.138. The number of carbonyl (C=O) groups is 2. The van der Waals surface area contributed by atoms with Crippen LogP contribution in [0.5, 0.6) is 5.75 Å². The van der Waals surface area contributed by atoms with Crippen LogP contribution < -0.4 is 5.32 Å². The van der Waals surface area contributed by atoms with Crippen molar-refractivity contribution in [2.45, 2.75) is 13.0 Å². The van der Waals surface area contributed by atoms with Crippen molar-refractivity contribution in [3.05, 3.63) is 41.2 Å². The molecule has 0 aliphatic rings. The molecule has 0 radical (unpaired) electrons. The summed E-state index contributed by atoms with van der Waals surface area (Å²) in [7, 11) is 0. The highest BCUT2D eigenvalue weighted by atomic mass is 35.5. The summed E-state index contributed by atoms with van der Waals surface area (Å²) in [5, 5.41) is 22.6. The van der Waals surface area contributed by atoms with Crippen molar-refractivity contribution in [1.82, 2.24) is 14.7 Å². The number of benzene rings is 1. The molecule has 7 nitrogen and oxygen atoms in total. The Morgan fingerprint density at radius 3 is 2.60 bits per heavy atom. The van der Waals surface area contributed by atoms with Crippen LogP contribution in [0.3, 0.4) is 0 Å². The van der Waals surface area contributed by atoms with E-state index < -0.39 is 17.9 Å². The quantitative estimate of drug-likeness (QED) is 0.644. The van der Waals surface area contributed by atoms with Gasteiger partial charge in [0.15, 0.2) is 11.4 Å².